The Labute approximate surface area is 167 Å². The highest BCUT2D eigenvalue weighted by molar-refractivity contribution is 8.18. The lowest BCUT2D eigenvalue weighted by Gasteiger charge is -2.10. The van der Waals surface area contributed by atoms with Crippen LogP contribution in [-0.2, 0) is 16.0 Å². The number of nitrogens with one attached hydrogen (secondary N) is 1. The van der Waals surface area contributed by atoms with E-state index in [0.29, 0.717) is 17.3 Å². The lowest BCUT2D eigenvalue weighted by molar-refractivity contribution is -0.138. The summed E-state index contributed by atoms with van der Waals surface area (Å²) in [5.41, 5.74) is 5.90. The Morgan fingerprint density at radius 3 is 2.45 bits per heavy atom. The number of halogens is 2. The van der Waals surface area contributed by atoms with Crippen molar-refractivity contribution in [2.75, 3.05) is 0 Å². The summed E-state index contributed by atoms with van der Waals surface area (Å²) in [5.74, 6) is -4.46. The number of imide groups is 1. The molecule has 0 spiro atoms. The molecule has 0 aliphatic carbocycles. The standard InChI is InChI=1S/C19H14F2N2O5S/c20-15-10(8-14-17(24)23-19(27)29-14)3-6-13(16(15)21)28-11-4-1-9(2-5-11)7-12(22)18(25)26/h1-6,8,12H,7,22H2,(H,25,26)(H,23,24,27)/b14-8-. The second kappa shape index (κ2) is 8.41. The molecule has 3 rings (SSSR count). The Kier molecular flexibility index (Phi) is 5.95. The van der Waals surface area contributed by atoms with Gasteiger partial charge in [-0.3, -0.25) is 19.7 Å². The number of aliphatic carboxylic acids is 1. The van der Waals surface area contributed by atoms with Crippen LogP contribution in [0.2, 0.25) is 0 Å². The van der Waals surface area contributed by atoms with Crippen LogP contribution in [0, 0.1) is 11.6 Å². The molecule has 150 valence electrons. The summed E-state index contributed by atoms with van der Waals surface area (Å²) in [6.07, 6.45) is 1.18. The van der Waals surface area contributed by atoms with E-state index in [2.05, 4.69) is 0 Å². The molecule has 0 aromatic heterocycles. The normalized spacial score (nSPS) is 16.0. The van der Waals surface area contributed by atoms with Crippen LogP contribution in [0.1, 0.15) is 11.1 Å². The van der Waals surface area contributed by atoms with Crippen molar-refractivity contribution in [3.63, 3.8) is 0 Å². The summed E-state index contributed by atoms with van der Waals surface area (Å²) in [4.78, 5) is 33.4. The molecule has 2 aromatic rings. The summed E-state index contributed by atoms with van der Waals surface area (Å²) < 4.78 is 34.0. The molecule has 0 radical (unpaired) electrons. The van der Waals surface area contributed by atoms with Crippen molar-refractivity contribution in [2.45, 2.75) is 12.5 Å². The molecule has 1 unspecified atom stereocenters. The number of ether oxygens (including phenoxy) is 1. The Balaban J connectivity index is 1.76. The Hall–Kier alpha value is -3.24. The summed E-state index contributed by atoms with van der Waals surface area (Å²) in [7, 11) is 0. The number of hydrogen-bond donors (Lipinski definition) is 3. The van der Waals surface area contributed by atoms with E-state index in [-0.39, 0.29) is 28.4 Å². The predicted molar refractivity (Wildman–Crippen MR) is 101 cm³/mol. The molecule has 2 aromatic carbocycles. The molecule has 4 N–H and O–H groups in total. The first-order valence-corrected chi connectivity index (χ1v) is 9.04. The van der Waals surface area contributed by atoms with Crippen LogP contribution in [0.25, 0.3) is 6.08 Å². The highest BCUT2D eigenvalue weighted by Crippen LogP contribution is 2.31. The molecule has 7 nitrogen and oxygen atoms in total. The third-order valence-corrected chi connectivity index (χ3v) is 4.74. The maximum absolute atomic E-state index is 14.4. The topological polar surface area (TPSA) is 119 Å². The predicted octanol–water partition coefficient (Wildman–Crippen LogP) is 3.04. The number of nitrogens with two attached hydrogens (primary N) is 1. The van der Waals surface area contributed by atoms with Crippen molar-refractivity contribution >= 4 is 35.0 Å². The Morgan fingerprint density at radius 2 is 1.86 bits per heavy atom. The number of rotatable bonds is 6. The summed E-state index contributed by atoms with van der Waals surface area (Å²) in [5, 5.41) is 10.3. The van der Waals surface area contributed by atoms with Gasteiger partial charge in [-0.2, -0.15) is 4.39 Å². The number of thioether (sulfide) groups is 1. The summed E-state index contributed by atoms with van der Waals surface area (Å²) >= 11 is 0.593. The minimum Gasteiger partial charge on any atom is -0.480 e. The van der Waals surface area contributed by atoms with Gasteiger partial charge in [0, 0.05) is 5.56 Å². The van der Waals surface area contributed by atoms with E-state index in [4.69, 9.17) is 15.6 Å². The van der Waals surface area contributed by atoms with Gasteiger partial charge in [0.05, 0.1) is 4.91 Å². The van der Waals surface area contributed by atoms with E-state index < -0.39 is 34.8 Å². The van der Waals surface area contributed by atoms with Crippen LogP contribution < -0.4 is 15.8 Å². The second-order valence-electron chi connectivity index (χ2n) is 6.03. The summed E-state index contributed by atoms with van der Waals surface area (Å²) in [6.45, 7) is 0. The van der Waals surface area contributed by atoms with Gasteiger partial charge < -0.3 is 15.6 Å². The second-order valence-corrected chi connectivity index (χ2v) is 7.04. The number of carbonyl (C=O) groups is 3. The highest BCUT2D eigenvalue weighted by Gasteiger charge is 2.26. The molecule has 1 saturated heterocycles. The molecule has 29 heavy (non-hydrogen) atoms. The highest BCUT2D eigenvalue weighted by atomic mass is 32.2. The molecule has 1 fully saturated rings. The monoisotopic (exact) mass is 420 g/mol. The molecule has 1 aliphatic heterocycles. The van der Waals surface area contributed by atoms with Crippen LogP contribution in [0.15, 0.2) is 41.3 Å². The number of benzene rings is 2. The number of amides is 2. The fraction of sp³-hybridized carbons (Fsp3) is 0.105. The first kappa shape index (κ1) is 20.5. The average Bonchev–Trinajstić information content (AvgIpc) is 2.99. The van der Waals surface area contributed by atoms with Crippen LogP contribution in [0.4, 0.5) is 13.6 Å². The largest absolute Gasteiger partial charge is 0.480 e. The van der Waals surface area contributed by atoms with E-state index in [1.54, 1.807) is 12.1 Å². The number of hydrogen-bond acceptors (Lipinski definition) is 6. The molecule has 0 saturated carbocycles. The average molecular weight is 420 g/mol. The van der Waals surface area contributed by atoms with Gasteiger partial charge >= 0.3 is 5.97 Å². The smallest absolute Gasteiger partial charge is 0.320 e. The lowest BCUT2D eigenvalue weighted by Crippen LogP contribution is -2.32. The van der Waals surface area contributed by atoms with Crippen molar-refractivity contribution in [3.8, 4) is 11.5 Å². The molecular weight excluding hydrogens is 406 g/mol. The van der Waals surface area contributed by atoms with Gasteiger partial charge in [0.2, 0.25) is 5.82 Å². The zero-order chi connectivity index (χ0) is 21.1. The zero-order valence-electron chi connectivity index (χ0n) is 14.6. The van der Waals surface area contributed by atoms with Crippen molar-refractivity contribution < 1.29 is 33.0 Å². The molecule has 2 amide bonds. The van der Waals surface area contributed by atoms with Crippen LogP contribution in [0.3, 0.4) is 0 Å². The van der Waals surface area contributed by atoms with Gasteiger partial charge in [-0.05, 0) is 54.1 Å². The minimum absolute atomic E-state index is 0.0443. The van der Waals surface area contributed by atoms with Crippen molar-refractivity contribution in [1.82, 2.24) is 5.32 Å². The minimum atomic E-state index is -1.26. The molecule has 1 aliphatic rings. The van der Waals surface area contributed by atoms with Crippen molar-refractivity contribution in [1.29, 1.82) is 0 Å². The maximum Gasteiger partial charge on any atom is 0.320 e. The van der Waals surface area contributed by atoms with Crippen LogP contribution in [0.5, 0.6) is 11.5 Å². The van der Waals surface area contributed by atoms with Crippen molar-refractivity contribution in [3.05, 3.63) is 64.1 Å². The molecule has 0 bridgehead atoms. The fourth-order valence-electron chi connectivity index (χ4n) is 2.46. The molecule has 10 heteroatoms. The van der Waals surface area contributed by atoms with E-state index >= 15 is 0 Å². The lowest BCUT2D eigenvalue weighted by atomic mass is 10.1. The maximum atomic E-state index is 14.4. The van der Waals surface area contributed by atoms with Gasteiger partial charge in [-0.1, -0.05) is 12.1 Å². The number of carboxylic acids is 1. The van der Waals surface area contributed by atoms with Gasteiger partial charge in [0.15, 0.2) is 11.6 Å². The van der Waals surface area contributed by atoms with E-state index in [9.17, 15) is 23.2 Å². The van der Waals surface area contributed by atoms with Gasteiger partial charge in [0.1, 0.15) is 11.8 Å². The van der Waals surface area contributed by atoms with Gasteiger partial charge in [0.25, 0.3) is 11.1 Å². The third-order valence-electron chi connectivity index (χ3n) is 3.93. The molecular formula is C19H14F2N2O5S. The van der Waals surface area contributed by atoms with Crippen LogP contribution >= 0.6 is 11.8 Å². The van der Waals surface area contributed by atoms with Gasteiger partial charge in [-0.25, -0.2) is 4.39 Å². The van der Waals surface area contributed by atoms with E-state index in [0.717, 1.165) is 6.08 Å². The summed E-state index contributed by atoms with van der Waals surface area (Å²) in [6, 6.07) is 7.45. The first-order chi connectivity index (χ1) is 13.7. The number of carboxylic acid groups (broad SMARTS) is 1. The first-order valence-electron chi connectivity index (χ1n) is 8.22. The SMILES string of the molecule is NC(Cc1ccc(Oc2ccc(/C=C3\SC(=O)NC3=O)c(F)c2F)cc1)C(=O)O. The van der Waals surface area contributed by atoms with E-state index in [1.165, 1.54) is 24.3 Å². The molecule has 1 heterocycles. The fourth-order valence-corrected chi connectivity index (χ4v) is 3.13. The van der Waals surface area contributed by atoms with Gasteiger partial charge in [-0.15, -0.1) is 0 Å². The Morgan fingerprint density at radius 1 is 1.17 bits per heavy atom. The Bertz CT molecular complexity index is 1020. The number of carbonyl (C=O) groups excluding carboxylic acids is 2. The quantitative estimate of drug-likeness (QED) is 0.615. The van der Waals surface area contributed by atoms with Crippen LogP contribution in [-0.4, -0.2) is 28.3 Å². The third kappa shape index (κ3) is 4.79. The van der Waals surface area contributed by atoms with Crippen molar-refractivity contribution in [2.24, 2.45) is 5.73 Å². The zero-order valence-corrected chi connectivity index (χ0v) is 15.5. The molecule has 1 atom stereocenters. The van der Waals surface area contributed by atoms with E-state index in [1.807, 2.05) is 5.32 Å².